The van der Waals surface area contributed by atoms with E-state index in [1.54, 1.807) is 7.11 Å². The lowest BCUT2D eigenvalue weighted by Crippen LogP contribution is -2.50. The molecule has 1 saturated heterocycles. The van der Waals surface area contributed by atoms with E-state index in [0.717, 1.165) is 13.1 Å². The Bertz CT molecular complexity index is 222. The Morgan fingerprint density at radius 2 is 2.43 bits per heavy atom. The molecule has 1 aliphatic heterocycles. The highest BCUT2D eigenvalue weighted by atomic mass is 16.5. The van der Waals surface area contributed by atoms with Crippen LogP contribution in [0.2, 0.25) is 0 Å². The summed E-state index contributed by atoms with van der Waals surface area (Å²) in [6.07, 6.45) is 0.629. The normalized spacial score (nSPS) is 30.5. The lowest BCUT2D eigenvalue weighted by Gasteiger charge is -2.22. The van der Waals surface area contributed by atoms with Gasteiger partial charge in [-0.05, 0) is 13.3 Å². The third-order valence-electron chi connectivity index (χ3n) is 2.72. The maximum Gasteiger partial charge on any atom is 0.325 e. The lowest BCUT2D eigenvalue weighted by atomic mass is 10.0. The minimum Gasteiger partial charge on any atom is -0.480 e. The van der Waals surface area contributed by atoms with Crippen LogP contribution in [0.4, 0.5) is 0 Å². The number of nitrogens with zero attached hydrogens (tertiary/aromatic N) is 1. The van der Waals surface area contributed by atoms with Crippen molar-refractivity contribution in [3.63, 3.8) is 0 Å². The van der Waals surface area contributed by atoms with Gasteiger partial charge >= 0.3 is 5.97 Å². The van der Waals surface area contributed by atoms with Gasteiger partial charge in [-0.1, -0.05) is 0 Å². The first-order valence-corrected chi connectivity index (χ1v) is 4.75. The maximum atomic E-state index is 10.8. The Morgan fingerprint density at radius 1 is 1.79 bits per heavy atom. The molecule has 1 aliphatic rings. The van der Waals surface area contributed by atoms with Gasteiger partial charge in [0.15, 0.2) is 0 Å². The molecule has 0 aromatic heterocycles. The fourth-order valence-electron chi connectivity index (χ4n) is 1.68. The Balaban J connectivity index is 2.45. The van der Waals surface area contributed by atoms with Gasteiger partial charge in [0.2, 0.25) is 0 Å². The number of likely N-dealkylation sites (tertiary alicyclic amines) is 1. The lowest BCUT2D eigenvalue weighted by molar-refractivity contribution is -0.142. The van der Waals surface area contributed by atoms with Crippen LogP contribution in [-0.4, -0.2) is 54.4 Å². The number of methoxy groups -OCH3 is 1. The van der Waals surface area contributed by atoms with E-state index in [1.165, 1.54) is 0 Å². The van der Waals surface area contributed by atoms with Crippen LogP contribution < -0.4 is 5.73 Å². The van der Waals surface area contributed by atoms with Crippen LogP contribution in [0.3, 0.4) is 0 Å². The van der Waals surface area contributed by atoms with Crippen LogP contribution in [0.1, 0.15) is 13.3 Å². The first-order chi connectivity index (χ1) is 6.48. The molecule has 1 fully saturated rings. The quantitative estimate of drug-likeness (QED) is 0.643. The van der Waals surface area contributed by atoms with Crippen molar-refractivity contribution in [2.24, 2.45) is 5.73 Å². The van der Waals surface area contributed by atoms with Gasteiger partial charge in [0.05, 0.1) is 6.10 Å². The number of hydrogen-bond donors (Lipinski definition) is 2. The minimum absolute atomic E-state index is 0.117. The van der Waals surface area contributed by atoms with Crippen molar-refractivity contribution in [3.8, 4) is 0 Å². The molecule has 0 saturated carbocycles. The van der Waals surface area contributed by atoms with E-state index in [-0.39, 0.29) is 6.10 Å². The van der Waals surface area contributed by atoms with E-state index < -0.39 is 11.5 Å². The molecule has 5 nitrogen and oxygen atoms in total. The van der Waals surface area contributed by atoms with Gasteiger partial charge in [-0.25, -0.2) is 0 Å². The molecule has 2 atom stereocenters. The zero-order valence-corrected chi connectivity index (χ0v) is 8.69. The van der Waals surface area contributed by atoms with Crippen LogP contribution in [0.5, 0.6) is 0 Å². The van der Waals surface area contributed by atoms with Gasteiger partial charge < -0.3 is 15.6 Å². The summed E-state index contributed by atoms with van der Waals surface area (Å²) in [7, 11) is 1.65. The molecule has 82 valence electrons. The number of carboxylic acid groups (broad SMARTS) is 1. The Morgan fingerprint density at radius 3 is 2.86 bits per heavy atom. The Hall–Kier alpha value is -0.650. The highest BCUT2D eigenvalue weighted by Gasteiger charge is 2.41. The summed E-state index contributed by atoms with van der Waals surface area (Å²) >= 11 is 0. The van der Waals surface area contributed by atoms with Crippen molar-refractivity contribution in [3.05, 3.63) is 0 Å². The van der Waals surface area contributed by atoms with Crippen LogP contribution in [0.25, 0.3) is 0 Å². The molecule has 5 heteroatoms. The van der Waals surface area contributed by atoms with Crippen LogP contribution in [-0.2, 0) is 9.53 Å². The number of rotatable bonds is 4. The summed E-state index contributed by atoms with van der Waals surface area (Å²) in [6.45, 7) is 3.84. The molecule has 1 heterocycles. The predicted octanol–water partition coefficient (Wildman–Crippen LogP) is -0.491. The van der Waals surface area contributed by atoms with Gasteiger partial charge in [-0.3, -0.25) is 9.69 Å². The van der Waals surface area contributed by atoms with Crippen molar-refractivity contribution < 1.29 is 14.6 Å². The van der Waals surface area contributed by atoms with E-state index in [4.69, 9.17) is 15.6 Å². The standard InChI is InChI=1S/C9H18N2O3/c1-7(14-2)5-11-4-3-9(10,6-11)8(12)13/h7H,3-6,10H2,1-2H3,(H,12,13). The van der Waals surface area contributed by atoms with Crippen molar-refractivity contribution in [1.82, 2.24) is 4.90 Å². The highest BCUT2D eigenvalue weighted by Crippen LogP contribution is 2.19. The Kier molecular flexibility index (Phi) is 3.47. The molecular formula is C9H18N2O3. The second kappa shape index (κ2) is 4.25. The molecule has 0 aromatic rings. The maximum absolute atomic E-state index is 10.8. The smallest absolute Gasteiger partial charge is 0.325 e. The molecule has 0 aliphatic carbocycles. The number of nitrogens with two attached hydrogens (primary N) is 1. The van der Waals surface area contributed by atoms with E-state index in [2.05, 4.69) is 0 Å². The van der Waals surface area contributed by atoms with E-state index >= 15 is 0 Å². The highest BCUT2D eigenvalue weighted by molar-refractivity contribution is 5.79. The van der Waals surface area contributed by atoms with Crippen LogP contribution in [0.15, 0.2) is 0 Å². The van der Waals surface area contributed by atoms with Gasteiger partial charge in [0.25, 0.3) is 0 Å². The van der Waals surface area contributed by atoms with Crippen LogP contribution >= 0.6 is 0 Å². The van der Waals surface area contributed by atoms with Gasteiger partial charge in [-0.15, -0.1) is 0 Å². The third kappa shape index (κ3) is 2.43. The zero-order chi connectivity index (χ0) is 10.8. The summed E-state index contributed by atoms with van der Waals surface area (Å²) in [5.74, 6) is -0.912. The fourth-order valence-corrected chi connectivity index (χ4v) is 1.68. The number of hydrogen-bond acceptors (Lipinski definition) is 4. The Labute approximate surface area is 83.8 Å². The number of ether oxygens (including phenoxy) is 1. The van der Waals surface area contributed by atoms with Crippen molar-refractivity contribution in [2.45, 2.75) is 25.0 Å². The molecule has 2 unspecified atom stereocenters. The first kappa shape index (κ1) is 11.4. The average molecular weight is 202 g/mol. The van der Waals surface area contributed by atoms with Gasteiger partial charge in [0, 0.05) is 26.7 Å². The second-order valence-corrected chi connectivity index (χ2v) is 3.99. The predicted molar refractivity (Wildman–Crippen MR) is 52.1 cm³/mol. The molecule has 0 radical (unpaired) electrons. The number of carbonyl (C=O) groups is 1. The summed E-state index contributed by atoms with van der Waals surface area (Å²) in [4.78, 5) is 12.9. The van der Waals surface area contributed by atoms with E-state index in [0.29, 0.717) is 13.0 Å². The molecule has 1 rings (SSSR count). The minimum atomic E-state index is -1.06. The summed E-state index contributed by atoms with van der Waals surface area (Å²) in [5.41, 5.74) is 4.67. The molecule has 14 heavy (non-hydrogen) atoms. The van der Waals surface area contributed by atoms with E-state index in [1.807, 2.05) is 11.8 Å². The van der Waals surface area contributed by atoms with Crippen molar-refractivity contribution >= 4 is 5.97 Å². The fraction of sp³-hybridized carbons (Fsp3) is 0.889. The summed E-state index contributed by atoms with van der Waals surface area (Å²) in [6, 6.07) is 0. The molecule has 0 bridgehead atoms. The largest absolute Gasteiger partial charge is 0.480 e. The third-order valence-corrected chi connectivity index (χ3v) is 2.72. The number of aliphatic carboxylic acids is 1. The topological polar surface area (TPSA) is 75.8 Å². The van der Waals surface area contributed by atoms with Crippen LogP contribution in [0, 0.1) is 0 Å². The van der Waals surface area contributed by atoms with Crippen molar-refractivity contribution in [2.75, 3.05) is 26.7 Å². The molecule has 0 aromatic carbocycles. The summed E-state index contributed by atoms with van der Waals surface area (Å²) in [5, 5.41) is 8.90. The second-order valence-electron chi connectivity index (χ2n) is 3.99. The zero-order valence-electron chi connectivity index (χ0n) is 8.69. The average Bonchev–Trinajstić information content (AvgIpc) is 2.49. The SMILES string of the molecule is COC(C)CN1CCC(N)(C(=O)O)C1. The molecule has 0 spiro atoms. The summed E-state index contributed by atoms with van der Waals surface area (Å²) < 4.78 is 5.11. The van der Waals surface area contributed by atoms with Crippen molar-refractivity contribution in [1.29, 1.82) is 0 Å². The van der Waals surface area contributed by atoms with Gasteiger partial charge in [-0.2, -0.15) is 0 Å². The number of carboxylic acids is 1. The molecular weight excluding hydrogens is 184 g/mol. The van der Waals surface area contributed by atoms with E-state index in [9.17, 15) is 4.79 Å². The first-order valence-electron chi connectivity index (χ1n) is 4.75. The molecule has 0 amide bonds. The van der Waals surface area contributed by atoms with Gasteiger partial charge in [0.1, 0.15) is 5.54 Å². The molecule has 3 N–H and O–H groups in total. The monoisotopic (exact) mass is 202 g/mol.